The van der Waals surface area contributed by atoms with Crippen molar-refractivity contribution < 1.29 is 19.4 Å². The standard InChI is InChI=1S/C14H26O4/c1-5-7-8-10-12(9-6-2)14(16)18-17-13(15)11(3)4/h11-12H,5-10H2,1-4H3. The van der Waals surface area contributed by atoms with E-state index in [-0.39, 0.29) is 11.8 Å². The van der Waals surface area contributed by atoms with E-state index in [1.807, 2.05) is 6.92 Å². The summed E-state index contributed by atoms with van der Waals surface area (Å²) in [4.78, 5) is 32.1. The molecule has 1 atom stereocenters. The molecule has 0 bridgehead atoms. The lowest BCUT2D eigenvalue weighted by Crippen LogP contribution is -2.21. The third-order valence-corrected chi connectivity index (χ3v) is 2.80. The molecule has 0 aromatic rings. The first-order chi connectivity index (χ1) is 8.52. The van der Waals surface area contributed by atoms with Crippen LogP contribution in [0.5, 0.6) is 0 Å². The lowest BCUT2D eigenvalue weighted by atomic mass is 9.97. The van der Waals surface area contributed by atoms with E-state index in [4.69, 9.17) is 0 Å². The lowest BCUT2D eigenvalue weighted by molar-refractivity contribution is -0.265. The van der Waals surface area contributed by atoms with Gasteiger partial charge in [0.25, 0.3) is 0 Å². The van der Waals surface area contributed by atoms with Gasteiger partial charge in [0.1, 0.15) is 0 Å². The summed E-state index contributed by atoms with van der Waals surface area (Å²) in [6.45, 7) is 7.54. The van der Waals surface area contributed by atoms with E-state index in [1.54, 1.807) is 13.8 Å². The molecule has 0 heterocycles. The van der Waals surface area contributed by atoms with Crippen molar-refractivity contribution in [1.82, 2.24) is 0 Å². The maximum Gasteiger partial charge on any atom is 0.358 e. The van der Waals surface area contributed by atoms with Crippen molar-refractivity contribution in [3.05, 3.63) is 0 Å². The van der Waals surface area contributed by atoms with Crippen molar-refractivity contribution in [1.29, 1.82) is 0 Å². The van der Waals surface area contributed by atoms with Gasteiger partial charge >= 0.3 is 11.9 Å². The average molecular weight is 258 g/mol. The summed E-state index contributed by atoms with van der Waals surface area (Å²) in [6.07, 6.45) is 5.75. The Balaban J connectivity index is 4.08. The van der Waals surface area contributed by atoms with E-state index >= 15 is 0 Å². The van der Waals surface area contributed by atoms with Crippen LogP contribution in [0.25, 0.3) is 0 Å². The van der Waals surface area contributed by atoms with Gasteiger partial charge in [-0.25, -0.2) is 19.4 Å². The quantitative estimate of drug-likeness (QED) is 0.379. The minimum absolute atomic E-state index is 0.151. The number of rotatable bonds is 8. The molecule has 4 heteroatoms. The molecule has 0 spiro atoms. The highest BCUT2D eigenvalue weighted by molar-refractivity contribution is 5.75. The van der Waals surface area contributed by atoms with Gasteiger partial charge in [-0.1, -0.05) is 53.4 Å². The van der Waals surface area contributed by atoms with Crippen LogP contribution in [0.2, 0.25) is 0 Å². The topological polar surface area (TPSA) is 52.6 Å². The van der Waals surface area contributed by atoms with Crippen LogP contribution in [0.4, 0.5) is 0 Å². The molecule has 0 fully saturated rings. The normalized spacial score (nSPS) is 12.3. The fourth-order valence-corrected chi connectivity index (χ4v) is 1.62. The molecule has 18 heavy (non-hydrogen) atoms. The molecule has 0 aromatic carbocycles. The largest absolute Gasteiger partial charge is 0.358 e. The van der Waals surface area contributed by atoms with Crippen molar-refractivity contribution in [2.75, 3.05) is 0 Å². The van der Waals surface area contributed by atoms with Crippen LogP contribution < -0.4 is 0 Å². The van der Waals surface area contributed by atoms with Crippen LogP contribution in [0.3, 0.4) is 0 Å². The van der Waals surface area contributed by atoms with Crippen LogP contribution in [0.15, 0.2) is 0 Å². The third kappa shape index (κ3) is 7.30. The third-order valence-electron chi connectivity index (χ3n) is 2.80. The monoisotopic (exact) mass is 258 g/mol. The first kappa shape index (κ1) is 16.9. The molecule has 0 N–H and O–H groups in total. The first-order valence-electron chi connectivity index (χ1n) is 6.95. The first-order valence-corrected chi connectivity index (χ1v) is 6.95. The Labute approximate surface area is 110 Å². The summed E-state index contributed by atoms with van der Waals surface area (Å²) in [5.41, 5.74) is 0. The van der Waals surface area contributed by atoms with Crippen LogP contribution >= 0.6 is 0 Å². The predicted molar refractivity (Wildman–Crippen MR) is 69.6 cm³/mol. The van der Waals surface area contributed by atoms with Crippen molar-refractivity contribution in [2.45, 2.75) is 66.2 Å². The Kier molecular flexibility index (Phi) is 9.33. The fourth-order valence-electron chi connectivity index (χ4n) is 1.62. The highest BCUT2D eigenvalue weighted by Crippen LogP contribution is 2.17. The van der Waals surface area contributed by atoms with Gasteiger partial charge in [0.2, 0.25) is 0 Å². The molecule has 106 valence electrons. The van der Waals surface area contributed by atoms with Crippen LogP contribution in [-0.4, -0.2) is 11.9 Å². The van der Waals surface area contributed by atoms with Crippen LogP contribution in [0, 0.1) is 11.8 Å². The zero-order valence-corrected chi connectivity index (χ0v) is 12.0. The van der Waals surface area contributed by atoms with E-state index in [0.717, 1.165) is 38.5 Å². The number of hydrogen-bond acceptors (Lipinski definition) is 4. The van der Waals surface area contributed by atoms with Crippen molar-refractivity contribution in [3.8, 4) is 0 Å². The Bertz CT molecular complexity index is 248. The molecule has 1 unspecified atom stereocenters. The molecular weight excluding hydrogens is 232 g/mol. The number of carbonyl (C=O) groups is 2. The van der Waals surface area contributed by atoms with Crippen molar-refractivity contribution in [3.63, 3.8) is 0 Å². The van der Waals surface area contributed by atoms with Crippen LogP contribution in [0.1, 0.15) is 66.2 Å². The highest BCUT2D eigenvalue weighted by atomic mass is 17.2. The zero-order chi connectivity index (χ0) is 14.0. The second-order valence-electron chi connectivity index (χ2n) is 4.94. The van der Waals surface area contributed by atoms with Gasteiger partial charge in [0.05, 0.1) is 11.8 Å². The SMILES string of the molecule is CCCCCC(CCC)C(=O)OOC(=O)C(C)C. The summed E-state index contributed by atoms with van der Waals surface area (Å²) in [5, 5.41) is 0. The van der Waals surface area contributed by atoms with Crippen molar-refractivity contribution in [2.24, 2.45) is 11.8 Å². The van der Waals surface area contributed by atoms with E-state index < -0.39 is 11.9 Å². The van der Waals surface area contributed by atoms with Gasteiger partial charge in [-0.15, -0.1) is 0 Å². The fraction of sp³-hybridized carbons (Fsp3) is 0.857. The van der Waals surface area contributed by atoms with Crippen molar-refractivity contribution >= 4 is 11.9 Å². The smallest absolute Gasteiger partial charge is 0.247 e. The zero-order valence-electron chi connectivity index (χ0n) is 12.0. The molecule has 0 saturated heterocycles. The van der Waals surface area contributed by atoms with Gasteiger partial charge in [-0.2, -0.15) is 0 Å². The van der Waals surface area contributed by atoms with E-state index in [1.165, 1.54) is 0 Å². The van der Waals surface area contributed by atoms with Gasteiger partial charge in [-0.3, -0.25) is 0 Å². The van der Waals surface area contributed by atoms with Gasteiger partial charge < -0.3 is 0 Å². The van der Waals surface area contributed by atoms with Crippen LogP contribution in [-0.2, 0) is 19.4 Å². The molecule has 0 aliphatic rings. The Morgan fingerprint density at radius 1 is 0.889 bits per heavy atom. The van der Waals surface area contributed by atoms with Gasteiger partial charge in [0, 0.05) is 0 Å². The van der Waals surface area contributed by atoms with E-state index in [0.29, 0.717) is 0 Å². The molecule has 0 amide bonds. The van der Waals surface area contributed by atoms with Gasteiger partial charge in [0.15, 0.2) is 0 Å². The number of hydrogen-bond donors (Lipinski definition) is 0. The minimum atomic E-state index is -0.507. The molecule has 4 nitrogen and oxygen atoms in total. The minimum Gasteiger partial charge on any atom is -0.247 e. The predicted octanol–water partition coefficient (Wildman–Crippen LogP) is 3.64. The molecule has 0 radical (unpaired) electrons. The lowest BCUT2D eigenvalue weighted by Gasteiger charge is -2.13. The molecule has 0 aliphatic heterocycles. The number of carbonyl (C=O) groups excluding carboxylic acids is 2. The summed E-state index contributed by atoms with van der Waals surface area (Å²) < 4.78 is 0. The second-order valence-corrected chi connectivity index (χ2v) is 4.94. The summed E-state index contributed by atoms with van der Waals surface area (Å²) in [6, 6.07) is 0. The molecular formula is C14H26O4. The molecule has 0 aliphatic carbocycles. The Hall–Kier alpha value is -1.06. The summed E-state index contributed by atoms with van der Waals surface area (Å²) in [7, 11) is 0. The van der Waals surface area contributed by atoms with Gasteiger partial charge in [-0.05, 0) is 12.8 Å². The Morgan fingerprint density at radius 3 is 2.00 bits per heavy atom. The Morgan fingerprint density at radius 2 is 1.50 bits per heavy atom. The summed E-state index contributed by atoms with van der Waals surface area (Å²) >= 11 is 0. The highest BCUT2D eigenvalue weighted by Gasteiger charge is 2.22. The second kappa shape index (κ2) is 9.92. The number of unbranched alkanes of at least 4 members (excludes halogenated alkanes) is 2. The maximum atomic E-state index is 11.8. The van der Waals surface area contributed by atoms with E-state index in [9.17, 15) is 9.59 Å². The maximum absolute atomic E-state index is 11.8. The molecule has 0 aromatic heterocycles. The van der Waals surface area contributed by atoms with E-state index in [2.05, 4.69) is 16.7 Å². The average Bonchev–Trinajstić information content (AvgIpc) is 2.34. The summed E-state index contributed by atoms with van der Waals surface area (Å²) in [5.74, 6) is -1.36. The molecule has 0 saturated carbocycles. The molecule has 0 rings (SSSR count).